The van der Waals surface area contributed by atoms with Crippen LogP contribution in [0.4, 0.5) is 10.3 Å². The van der Waals surface area contributed by atoms with E-state index in [-0.39, 0.29) is 18.3 Å². The van der Waals surface area contributed by atoms with Crippen molar-refractivity contribution in [3.05, 3.63) is 52.7 Å². The third kappa shape index (κ3) is 3.23. The third-order valence-corrected chi connectivity index (χ3v) is 5.35. The van der Waals surface area contributed by atoms with E-state index in [1.165, 1.54) is 12.1 Å². The van der Waals surface area contributed by atoms with Gasteiger partial charge in [0.05, 0.1) is 29.4 Å². The highest BCUT2D eigenvalue weighted by Crippen LogP contribution is 2.33. The van der Waals surface area contributed by atoms with Gasteiger partial charge in [-0.3, -0.25) is 4.79 Å². The zero-order valence-electron chi connectivity index (χ0n) is 14.7. The first-order chi connectivity index (χ1) is 12.9. The molecule has 3 heterocycles. The number of halogens is 2. The number of aliphatic carboxylic acids is 1. The number of fused-ring (bicyclic) bond motifs is 3. The Bertz CT molecular complexity index is 1020. The van der Waals surface area contributed by atoms with Gasteiger partial charge in [-0.05, 0) is 36.6 Å². The number of benzene rings is 1. The molecule has 8 heteroatoms. The van der Waals surface area contributed by atoms with Crippen LogP contribution in [0.5, 0.6) is 0 Å². The summed E-state index contributed by atoms with van der Waals surface area (Å²) in [6.45, 7) is 0.609. The lowest BCUT2D eigenvalue weighted by molar-refractivity contribution is -0.136. The largest absolute Gasteiger partial charge is 0.481 e. The first-order valence-electron chi connectivity index (χ1n) is 8.65. The highest BCUT2D eigenvalue weighted by molar-refractivity contribution is 6.30. The number of nitrogens with zero attached hydrogens (tertiary/aromatic N) is 4. The van der Waals surface area contributed by atoms with E-state index < -0.39 is 5.97 Å². The molecule has 6 nitrogen and oxygen atoms in total. The molecule has 1 atom stereocenters. The van der Waals surface area contributed by atoms with Gasteiger partial charge in [-0.2, -0.15) is 0 Å². The summed E-state index contributed by atoms with van der Waals surface area (Å²) in [7, 11) is 1.92. The zero-order valence-corrected chi connectivity index (χ0v) is 15.4. The van der Waals surface area contributed by atoms with Crippen LogP contribution in [0, 0.1) is 5.82 Å². The van der Waals surface area contributed by atoms with Crippen molar-refractivity contribution in [2.45, 2.75) is 31.8 Å². The van der Waals surface area contributed by atoms with Crippen LogP contribution in [0.3, 0.4) is 0 Å². The number of anilines is 1. The summed E-state index contributed by atoms with van der Waals surface area (Å²) in [5.74, 6) is -0.647. The molecule has 27 heavy (non-hydrogen) atoms. The highest BCUT2D eigenvalue weighted by Gasteiger charge is 2.28. The summed E-state index contributed by atoms with van der Waals surface area (Å²) >= 11 is 5.86. The van der Waals surface area contributed by atoms with Crippen molar-refractivity contribution in [1.29, 1.82) is 0 Å². The number of hydrogen-bond acceptors (Lipinski definition) is 4. The molecule has 0 spiro atoms. The summed E-state index contributed by atoms with van der Waals surface area (Å²) in [5.41, 5.74) is 2.48. The Morgan fingerprint density at radius 2 is 2.15 bits per heavy atom. The fraction of sp³-hybridized carbons (Fsp3) is 0.316. The van der Waals surface area contributed by atoms with Crippen molar-refractivity contribution >= 4 is 34.4 Å². The predicted molar refractivity (Wildman–Crippen MR) is 101 cm³/mol. The van der Waals surface area contributed by atoms with Gasteiger partial charge in [-0.1, -0.05) is 11.6 Å². The highest BCUT2D eigenvalue weighted by atomic mass is 35.5. The van der Waals surface area contributed by atoms with Crippen LogP contribution < -0.4 is 4.90 Å². The number of rotatable bonds is 4. The summed E-state index contributed by atoms with van der Waals surface area (Å²) in [6.07, 6.45) is 4.58. The maximum absolute atomic E-state index is 13.9. The first-order valence-corrected chi connectivity index (χ1v) is 9.03. The summed E-state index contributed by atoms with van der Waals surface area (Å²) in [4.78, 5) is 21.8. The number of carboxylic acid groups (broad SMARTS) is 1. The predicted octanol–water partition coefficient (Wildman–Crippen LogP) is 3.30. The van der Waals surface area contributed by atoms with Gasteiger partial charge in [0, 0.05) is 30.7 Å². The van der Waals surface area contributed by atoms with Crippen molar-refractivity contribution in [1.82, 2.24) is 14.5 Å². The minimum absolute atomic E-state index is 0.0642. The molecule has 140 valence electrons. The van der Waals surface area contributed by atoms with Gasteiger partial charge >= 0.3 is 5.97 Å². The van der Waals surface area contributed by atoms with E-state index in [1.807, 2.05) is 16.5 Å². The molecule has 0 radical (unpaired) electrons. The molecule has 0 bridgehead atoms. The van der Waals surface area contributed by atoms with Gasteiger partial charge in [0.1, 0.15) is 5.82 Å². The minimum atomic E-state index is -0.886. The average Bonchev–Trinajstić information content (AvgIpc) is 2.94. The number of carbonyl (C=O) groups is 1. The van der Waals surface area contributed by atoms with Crippen LogP contribution >= 0.6 is 11.6 Å². The molecule has 1 aliphatic rings. The van der Waals surface area contributed by atoms with Crippen molar-refractivity contribution in [2.75, 3.05) is 11.9 Å². The lowest BCUT2D eigenvalue weighted by atomic mass is 9.99. The molecule has 0 saturated heterocycles. The van der Waals surface area contributed by atoms with E-state index in [4.69, 9.17) is 11.6 Å². The lowest BCUT2D eigenvalue weighted by Crippen LogP contribution is -2.40. The van der Waals surface area contributed by atoms with Gasteiger partial charge < -0.3 is 14.6 Å². The van der Waals surface area contributed by atoms with Gasteiger partial charge in [-0.15, -0.1) is 0 Å². The number of aromatic nitrogens is 3. The second kappa shape index (κ2) is 6.81. The van der Waals surface area contributed by atoms with Gasteiger partial charge in [-0.25, -0.2) is 14.4 Å². The second-order valence-electron chi connectivity index (χ2n) is 6.77. The SMILES string of the molecule is CN(c1ncc(Cl)cn1)C1CCc2c(CC(=O)O)c3ccc(F)cc3n2C1. The average molecular weight is 389 g/mol. The first kappa shape index (κ1) is 17.7. The number of carboxylic acids is 1. The zero-order chi connectivity index (χ0) is 19.1. The van der Waals surface area contributed by atoms with Crippen LogP contribution in [-0.4, -0.2) is 38.7 Å². The molecule has 1 aliphatic heterocycles. The molecule has 1 N–H and O–H groups in total. The standard InChI is InChI=1S/C19H18ClFN4O2/c1-24(19-22-8-11(20)9-23-19)13-3-5-16-15(7-18(26)27)14-4-2-12(21)6-17(14)25(16)10-13/h2,4,6,8-9,13H,3,5,7,10H2,1H3,(H,26,27). The van der Waals surface area contributed by atoms with E-state index >= 15 is 0 Å². The van der Waals surface area contributed by atoms with Gasteiger partial charge in [0.25, 0.3) is 0 Å². The Hall–Kier alpha value is -2.67. The topological polar surface area (TPSA) is 71.2 Å². The van der Waals surface area contributed by atoms with Crippen molar-refractivity contribution in [3.63, 3.8) is 0 Å². The van der Waals surface area contributed by atoms with E-state index in [0.717, 1.165) is 28.6 Å². The minimum Gasteiger partial charge on any atom is -0.481 e. The summed E-state index contributed by atoms with van der Waals surface area (Å²) in [6, 6.07) is 4.64. The fourth-order valence-electron chi connectivity index (χ4n) is 3.86. The monoisotopic (exact) mass is 388 g/mol. The Morgan fingerprint density at radius 1 is 1.41 bits per heavy atom. The van der Waals surface area contributed by atoms with Crippen LogP contribution in [0.15, 0.2) is 30.6 Å². The Balaban J connectivity index is 1.73. The maximum Gasteiger partial charge on any atom is 0.307 e. The van der Waals surface area contributed by atoms with Gasteiger partial charge in [0.2, 0.25) is 5.95 Å². The van der Waals surface area contributed by atoms with E-state index in [1.54, 1.807) is 18.5 Å². The number of hydrogen-bond donors (Lipinski definition) is 1. The van der Waals surface area contributed by atoms with Crippen molar-refractivity contribution in [2.24, 2.45) is 0 Å². The smallest absolute Gasteiger partial charge is 0.307 e. The molecular formula is C19H18ClFN4O2. The number of likely N-dealkylation sites (N-methyl/N-ethyl adjacent to an activating group) is 1. The molecule has 0 fully saturated rings. The molecule has 1 unspecified atom stereocenters. The van der Waals surface area contributed by atoms with Gasteiger partial charge in [0.15, 0.2) is 0 Å². The van der Waals surface area contributed by atoms with Crippen LogP contribution in [0.1, 0.15) is 17.7 Å². The molecule has 3 aromatic rings. The van der Waals surface area contributed by atoms with Crippen molar-refractivity contribution < 1.29 is 14.3 Å². The summed E-state index contributed by atoms with van der Waals surface area (Å²) < 4.78 is 15.9. The van der Waals surface area contributed by atoms with Crippen molar-refractivity contribution in [3.8, 4) is 0 Å². The lowest BCUT2D eigenvalue weighted by Gasteiger charge is -2.33. The molecule has 4 rings (SSSR count). The quantitative estimate of drug-likeness (QED) is 0.742. The fourth-order valence-corrected chi connectivity index (χ4v) is 3.96. The molecule has 1 aromatic carbocycles. The molecular weight excluding hydrogens is 371 g/mol. The van der Waals surface area contributed by atoms with E-state index in [2.05, 4.69) is 9.97 Å². The molecule has 0 amide bonds. The maximum atomic E-state index is 13.9. The van der Waals surface area contributed by atoms with E-state index in [9.17, 15) is 14.3 Å². The Labute approximate surface area is 160 Å². The normalized spacial score (nSPS) is 16.3. The third-order valence-electron chi connectivity index (χ3n) is 5.16. The van der Waals surface area contributed by atoms with Crippen LogP contribution in [0.25, 0.3) is 10.9 Å². The second-order valence-corrected chi connectivity index (χ2v) is 7.21. The molecule has 0 saturated carbocycles. The van der Waals surface area contributed by atoms with E-state index in [0.29, 0.717) is 23.9 Å². The molecule has 0 aliphatic carbocycles. The Kier molecular flexibility index (Phi) is 4.47. The summed E-state index contributed by atoms with van der Waals surface area (Å²) in [5, 5.41) is 10.6. The molecule has 2 aromatic heterocycles. The Morgan fingerprint density at radius 3 is 2.85 bits per heavy atom. The van der Waals surface area contributed by atoms with Crippen LogP contribution in [-0.2, 0) is 24.2 Å². The van der Waals surface area contributed by atoms with Crippen LogP contribution in [0.2, 0.25) is 5.02 Å².